The van der Waals surface area contributed by atoms with E-state index >= 15 is 0 Å². The summed E-state index contributed by atoms with van der Waals surface area (Å²) in [5, 5.41) is 3.84. The summed E-state index contributed by atoms with van der Waals surface area (Å²) in [6.07, 6.45) is 6.77. The van der Waals surface area contributed by atoms with Gasteiger partial charge in [-0.25, -0.2) is 0 Å². The van der Waals surface area contributed by atoms with Gasteiger partial charge < -0.3 is 5.32 Å². The van der Waals surface area contributed by atoms with Crippen LogP contribution in [0.3, 0.4) is 0 Å². The fraction of sp³-hybridized carbons (Fsp3) is 0.684. The fourth-order valence-corrected chi connectivity index (χ4v) is 3.94. The highest BCUT2D eigenvalue weighted by molar-refractivity contribution is 5.21. The molecule has 1 aromatic rings. The monoisotopic (exact) mass is 286 g/mol. The fourth-order valence-electron chi connectivity index (χ4n) is 3.94. The number of hydrogen-bond acceptors (Lipinski definition) is 2. The minimum atomic E-state index is 0.553. The molecule has 3 atom stereocenters. The van der Waals surface area contributed by atoms with Crippen molar-refractivity contribution in [3.63, 3.8) is 0 Å². The minimum Gasteiger partial charge on any atom is -0.311 e. The van der Waals surface area contributed by atoms with Crippen LogP contribution in [0.1, 0.15) is 57.6 Å². The van der Waals surface area contributed by atoms with Crippen LogP contribution in [-0.2, 0) is 0 Å². The Labute approximate surface area is 129 Å². The van der Waals surface area contributed by atoms with Gasteiger partial charge in [0.05, 0.1) is 0 Å². The highest BCUT2D eigenvalue weighted by Crippen LogP contribution is 2.37. The van der Waals surface area contributed by atoms with E-state index < -0.39 is 0 Å². The van der Waals surface area contributed by atoms with E-state index in [1.807, 2.05) is 0 Å². The molecule has 0 spiro atoms. The van der Waals surface area contributed by atoms with Crippen LogP contribution in [0.25, 0.3) is 0 Å². The zero-order valence-electron chi connectivity index (χ0n) is 13.6. The minimum absolute atomic E-state index is 0.553. The molecule has 1 heterocycles. The predicted molar refractivity (Wildman–Crippen MR) is 89.4 cm³/mol. The van der Waals surface area contributed by atoms with Crippen LogP contribution in [0, 0.1) is 5.92 Å². The van der Waals surface area contributed by atoms with Crippen LogP contribution in [-0.4, -0.2) is 30.1 Å². The molecule has 2 fully saturated rings. The van der Waals surface area contributed by atoms with E-state index in [-0.39, 0.29) is 0 Å². The van der Waals surface area contributed by atoms with Gasteiger partial charge in [-0.2, -0.15) is 0 Å². The third-order valence-corrected chi connectivity index (χ3v) is 5.32. The average molecular weight is 286 g/mol. The lowest BCUT2D eigenvalue weighted by molar-refractivity contribution is 0.0680. The molecule has 0 aromatic heterocycles. The maximum atomic E-state index is 3.84. The lowest BCUT2D eigenvalue weighted by atomic mass is 9.95. The summed E-state index contributed by atoms with van der Waals surface area (Å²) >= 11 is 0. The molecule has 3 rings (SSSR count). The van der Waals surface area contributed by atoms with Crippen molar-refractivity contribution in [3.8, 4) is 0 Å². The van der Waals surface area contributed by atoms with Crippen molar-refractivity contribution in [2.45, 2.75) is 64.1 Å². The smallest absolute Gasteiger partial charge is 0.0476 e. The molecule has 2 heteroatoms. The molecule has 116 valence electrons. The number of nitrogens with one attached hydrogen (secondary N) is 1. The van der Waals surface area contributed by atoms with Crippen LogP contribution in [0.15, 0.2) is 30.3 Å². The normalized spacial score (nSPS) is 28.5. The Morgan fingerprint density at radius 1 is 1.19 bits per heavy atom. The maximum Gasteiger partial charge on any atom is 0.0476 e. The first-order valence-electron chi connectivity index (χ1n) is 8.87. The van der Waals surface area contributed by atoms with Gasteiger partial charge in [0.2, 0.25) is 0 Å². The van der Waals surface area contributed by atoms with Crippen molar-refractivity contribution < 1.29 is 0 Å². The van der Waals surface area contributed by atoms with E-state index in [9.17, 15) is 0 Å². The van der Waals surface area contributed by atoms with Crippen molar-refractivity contribution in [3.05, 3.63) is 35.9 Å². The van der Waals surface area contributed by atoms with Crippen LogP contribution in [0.5, 0.6) is 0 Å². The van der Waals surface area contributed by atoms with Gasteiger partial charge in [0.1, 0.15) is 0 Å². The van der Waals surface area contributed by atoms with Gasteiger partial charge in [0.15, 0.2) is 0 Å². The molecular formula is C19H30N2. The van der Waals surface area contributed by atoms with Crippen LogP contribution >= 0.6 is 0 Å². The van der Waals surface area contributed by atoms with Crippen molar-refractivity contribution in [2.24, 2.45) is 5.92 Å². The number of hydrogen-bond donors (Lipinski definition) is 1. The van der Waals surface area contributed by atoms with Crippen LogP contribution in [0.2, 0.25) is 0 Å². The Kier molecular flexibility index (Phi) is 4.97. The van der Waals surface area contributed by atoms with E-state index in [0.717, 1.165) is 24.5 Å². The molecule has 0 amide bonds. The second-order valence-electron chi connectivity index (χ2n) is 6.83. The molecule has 1 saturated carbocycles. The molecule has 2 aliphatic rings. The molecular weight excluding hydrogens is 256 g/mol. The van der Waals surface area contributed by atoms with Gasteiger partial charge in [-0.05, 0) is 37.2 Å². The van der Waals surface area contributed by atoms with Crippen molar-refractivity contribution in [1.82, 2.24) is 10.2 Å². The van der Waals surface area contributed by atoms with Gasteiger partial charge in [-0.3, -0.25) is 4.90 Å². The zero-order chi connectivity index (χ0) is 14.7. The van der Waals surface area contributed by atoms with E-state index in [0.29, 0.717) is 6.04 Å². The Morgan fingerprint density at radius 2 is 1.95 bits per heavy atom. The molecule has 0 bridgehead atoms. The van der Waals surface area contributed by atoms with Crippen molar-refractivity contribution in [2.75, 3.05) is 13.1 Å². The van der Waals surface area contributed by atoms with E-state index in [2.05, 4.69) is 54.4 Å². The standard InChI is InChI=1S/C19H30N2/c1-3-8-17(4-2)21-14-18(15-11-12-15)20-13-19(21)16-9-6-5-7-10-16/h5-7,9-10,15,17-20H,3-4,8,11-14H2,1-2H3. The van der Waals surface area contributed by atoms with Gasteiger partial charge in [0.25, 0.3) is 0 Å². The summed E-state index contributed by atoms with van der Waals surface area (Å²) in [7, 11) is 0. The second-order valence-corrected chi connectivity index (χ2v) is 6.83. The van der Waals surface area contributed by atoms with Gasteiger partial charge in [-0.1, -0.05) is 50.6 Å². The van der Waals surface area contributed by atoms with E-state index in [1.54, 1.807) is 0 Å². The third kappa shape index (κ3) is 3.49. The summed E-state index contributed by atoms with van der Waals surface area (Å²) in [4.78, 5) is 2.82. The van der Waals surface area contributed by atoms with Crippen molar-refractivity contribution >= 4 is 0 Å². The number of rotatable bonds is 6. The van der Waals surface area contributed by atoms with Crippen LogP contribution in [0.4, 0.5) is 0 Å². The van der Waals surface area contributed by atoms with E-state index in [1.165, 1.54) is 44.2 Å². The Morgan fingerprint density at radius 3 is 2.57 bits per heavy atom. The second kappa shape index (κ2) is 6.93. The molecule has 1 saturated heterocycles. The zero-order valence-corrected chi connectivity index (χ0v) is 13.6. The Bertz CT molecular complexity index is 426. The van der Waals surface area contributed by atoms with Crippen molar-refractivity contribution in [1.29, 1.82) is 0 Å². The molecule has 21 heavy (non-hydrogen) atoms. The van der Waals surface area contributed by atoms with Crippen LogP contribution < -0.4 is 5.32 Å². The molecule has 1 aliphatic heterocycles. The highest BCUT2D eigenvalue weighted by Gasteiger charge is 2.39. The SMILES string of the molecule is CCCC(CC)N1CC(C2CC2)NCC1c1ccccc1. The quantitative estimate of drug-likeness (QED) is 0.850. The summed E-state index contributed by atoms with van der Waals surface area (Å²) in [6, 6.07) is 13.1. The number of benzene rings is 1. The predicted octanol–water partition coefficient (Wildman–Crippen LogP) is 3.99. The summed E-state index contributed by atoms with van der Waals surface area (Å²) in [6.45, 7) is 7.03. The van der Waals surface area contributed by atoms with Gasteiger partial charge >= 0.3 is 0 Å². The lowest BCUT2D eigenvalue weighted by Crippen LogP contribution is -2.56. The highest BCUT2D eigenvalue weighted by atomic mass is 15.3. The van der Waals surface area contributed by atoms with Gasteiger partial charge in [0, 0.05) is 31.2 Å². The average Bonchev–Trinajstić information content (AvgIpc) is 3.38. The molecule has 2 nitrogen and oxygen atoms in total. The first-order chi connectivity index (χ1) is 10.3. The molecule has 1 aromatic carbocycles. The largest absolute Gasteiger partial charge is 0.311 e. The maximum absolute atomic E-state index is 3.84. The summed E-state index contributed by atoms with van der Waals surface area (Å²) < 4.78 is 0. The molecule has 3 unspecified atom stereocenters. The summed E-state index contributed by atoms with van der Waals surface area (Å²) in [5.74, 6) is 0.948. The Hall–Kier alpha value is -0.860. The topological polar surface area (TPSA) is 15.3 Å². The number of piperazine rings is 1. The first kappa shape index (κ1) is 15.1. The lowest BCUT2D eigenvalue weighted by Gasteiger charge is -2.45. The Balaban J connectivity index is 1.79. The van der Waals surface area contributed by atoms with E-state index in [4.69, 9.17) is 0 Å². The molecule has 1 aliphatic carbocycles. The van der Waals surface area contributed by atoms with Gasteiger partial charge in [-0.15, -0.1) is 0 Å². The third-order valence-electron chi connectivity index (χ3n) is 5.32. The number of nitrogens with zero attached hydrogens (tertiary/aromatic N) is 1. The molecule has 1 N–H and O–H groups in total. The molecule has 0 radical (unpaired) electrons. The first-order valence-corrected chi connectivity index (χ1v) is 8.87. The summed E-state index contributed by atoms with van der Waals surface area (Å²) in [5.41, 5.74) is 1.48.